The van der Waals surface area contributed by atoms with Crippen LogP contribution in [-0.4, -0.2) is 6.29 Å². The molecule has 3 heteroatoms. The van der Waals surface area contributed by atoms with Crippen molar-refractivity contribution in [2.45, 2.75) is 19.4 Å². The zero-order valence-corrected chi connectivity index (χ0v) is 6.75. The Morgan fingerprint density at radius 2 is 2.42 bits per heavy atom. The van der Waals surface area contributed by atoms with Gasteiger partial charge in [-0.25, -0.2) is 0 Å². The topological polar surface area (TPSA) is 41.3 Å². The molecule has 3 nitrogen and oxygen atoms in total. The molecule has 0 aromatic heterocycles. The van der Waals surface area contributed by atoms with Crippen LogP contribution >= 0.6 is 0 Å². The monoisotopic (exact) mass is 161 g/mol. The van der Waals surface area contributed by atoms with Gasteiger partial charge in [0.1, 0.15) is 6.29 Å². The maximum atomic E-state index is 5.89. The highest BCUT2D eigenvalue weighted by molar-refractivity contribution is 5.61. The Morgan fingerprint density at radius 3 is 3.17 bits per heavy atom. The average Bonchev–Trinajstić information content (AvgIpc) is 2.13. The van der Waals surface area contributed by atoms with Crippen molar-refractivity contribution in [3.8, 4) is 0 Å². The fraction of sp³-hybridized carbons (Fsp3) is 0.333. The largest absolute Gasteiger partial charge is 0.339 e. The SMILES string of the molecule is NC1NCc2cc3ccc2N1C3. The first-order valence-corrected chi connectivity index (χ1v) is 4.22. The summed E-state index contributed by atoms with van der Waals surface area (Å²) >= 11 is 0. The first-order chi connectivity index (χ1) is 5.84. The van der Waals surface area contributed by atoms with Crippen molar-refractivity contribution in [2.75, 3.05) is 4.90 Å². The lowest BCUT2D eigenvalue weighted by molar-refractivity contribution is 0.460. The zero-order valence-electron chi connectivity index (χ0n) is 6.75. The number of anilines is 1. The van der Waals surface area contributed by atoms with Crippen LogP contribution in [0.25, 0.3) is 0 Å². The van der Waals surface area contributed by atoms with E-state index in [1.54, 1.807) is 0 Å². The molecule has 1 aromatic rings. The van der Waals surface area contributed by atoms with Gasteiger partial charge in [-0.1, -0.05) is 12.1 Å². The summed E-state index contributed by atoms with van der Waals surface area (Å²) in [7, 11) is 0. The lowest BCUT2D eigenvalue weighted by Crippen LogP contribution is -2.56. The maximum absolute atomic E-state index is 5.89. The van der Waals surface area contributed by atoms with Gasteiger partial charge in [0.15, 0.2) is 0 Å². The summed E-state index contributed by atoms with van der Waals surface area (Å²) in [6.45, 7) is 1.87. The molecule has 0 amide bonds. The third-order valence-corrected chi connectivity index (χ3v) is 2.64. The van der Waals surface area contributed by atoms with Gasteiger partial charge >= 0.3 is 0 Å². The van der Waals surface area contributed by atoms with E-state index in [1.807, 2.05) is 0 Å². The molecular formula is C9H11N3. The number of benzene rings is 1. The number of hydrogen-bond acceptors (Lipinski definition) is 3. The second-order valence-corrected chi connectivity index (χ2v) is 3.42. The molecule has 3 aliphatic rings. The van der Waals surface area contributed by atoms with Gasteiger partial charge in [0, 0.05) is 18.8 Å². The van der Waals surface area contributed by atoms with Crippen LogP contribution in [0.2, 0.25) is 0 Å². The van der Waals surface area contributed by atoms with E-state index in [1.165, 1.54) is 16.8 Å². The minimum atomic E-state index is -0.00241. The summed E-state index contributed by atoms with van der Waals surface area (Å²) in [5.41, 5.74) is 9.94. The van der Waals surface area contributed by atoms with Crippen LogP contribution in [0, 0.1) is 0 Å². The summed E-state index contributed by atoms with van der Waals surface area (Å²) in [4.78, 5) is 2.20. The van der Waals surface area contributed by atoms with E-state index < -0.39 is 0 Å². The molecule has 0 aliphatic carbocycles. The Labute approximate surface area is 71.2 Å². The summed E-state index contributed by atoms with van der Waals surface area (Å²) in [5.74, 6) is 0. The summed E-state index contributed by atoms with van der Waals surface area (Å²) in [6.07, 6.45) is -0.00241. The molecule has 4 bridgehead atoms. The van der Waals surface area contributed by atoms with Gasteiger partial charge in [-0.2, -0.15) is 0 Å². The predicted octanol–water partition coefficient (Wildman–Crippen LogP) is 0.352. The Morgan fingerprint density at radius 1 is 1.50 bits per heavy atom. The molecular weight excluding hydrogens is 150 g/mol. The number of nitrogens with zero attached hydrogens (tertiary/aromatic N) is 1. The molecule has 3 aliphatic heterocycles. The predicted molar refractivity (Wildman–Crippen MR) is 47.4 cm³/mol. The normalized spacial score (nSPS) is 24.8. The van der Waals surface area contributed by atoms with Crippen LogP contribution < -0.4 is 16.0 Å². The number of fused-ring (bicyclic) bond motifs is 1. The van der Waals surface area contributed by atoms with Gasteiger partial charge < -0.3 is 4.90 Å². The standard InChI is InChI=1S/C9H11N3/c10-9-11-4-7-3-6-1-2-8(7)12(9)5-6/h1-3,9,11H,4-5,10H2. The van der Waals surface area contributed by atoms with E-state index in [9.17, 15) is 0 Å². The van der Waals surface area contributed by atoms with E-state index in [0.717, 1.165) is 13.1 Å². The third kappa shape index (κ3) is 0.673. The van der Waals surface area contributed by atoms with Crippen LogP contribution in [0.4, 0.5) is 5.69 Å². The number of hydrogen-bond donors (Lipinski definition) is 2. The molecule has 4 rings (SSSR count). The van der Waals surface area contributed by atoms with Gasteiger partial charge in [0.25, 0.3) is 0 Å². The van der Waals surface area contributed by atoms with Gasteiger partial charge in [-0.3, -0.25) is 11.1 Å². The fourth-order valence-electron chi connectivity index (χ4n) is 2.01. The number of nitrogens with one attached hydrogen (secondary N) is 1. The molecule has 0 saturated carbocycles. The molecule has 0 radical (unpaired) electrons. The molecule has 3 N–H and O–H groups in total. The molecule has 62 valence electrons. The van der Waals surface area contributed by atoms with E-state index >= 15 is 0 Å². The van der Waals surface area contributed by atoms with Crippen molar-refractivity contribution in [1.29, 1.82) is 0 Å². The van der Waals surface area contributed by atoms with Crippen LogP contribution in [0.15, 0.2) is 18.2 Å². The van der Waals surface area contributed by atoms with Crippen molar-refractivity contribution in [2.24, 2.45) is 5.73 Å². The fourth-order valence-corrected chi connectivity index (χ4v) is 2.01. The molecule has 3 heterocycles. The van der Waals surface area contributed by atoms with Crippen molar-refractivity contribution in [1.82, 2.24) is 5.32 Å². The van der Waals surface area contributed by atoms with Crippen LogP contribution in [0.5, 0.6) is 0 Å². The van der Waals surface area contributed by atoms with E-state index in [-0.39, 0.29) is 6.29 Å². The molecule has 1 aromatic carbocycles. The molecule has 0 spiro atoms. The van der Waals surface area contributed by atoms with Crippen LogP contribution in [-0.2, 0) is 13.1 Å². The Balaban J connectivity index is 2.22. The highest BCUT2D eigenvalue weighted by atomic mass is 15.4. The lowest BCUT2D eigenvalue weighted by Gasteiger charge is -2.41. The van der Waals surface area contributed by atoms with Crippen molar-refractivity contribution < 1.29 is 0 Å². The summed E-state index contributed by atoms with van der Waals surface area (Å²) in [6, 6.07) is 6.59. The quantitative estimate of drug-likeness (QED) is 0.577. The van der Waals surface area contributed by atoms with Gasteiger partial charge in [-0.05, 0) is 17.2 Å². The summed E-state index contributed by atoms with van der Waals surface area (Å²) < 4.78 is 0. The second-order valence-electron chi connectivity index (χ2n) is 3.42. The molecule has 1 atom stereocenters. The Kier molecular flexibility index (Phi) is 1.07. The first-order valence-electron chi connectivity index (χ1n) is 4.22. The van der Waals surface area contributed by atoms with Crippen LogP contribution in [0.1, 0.15) is 11.1 Å². The van der Waals surface area contributed by atoms with Gasteiger partial charge in [0.05, 0.1) is 0 Å². The van der Waals surface area contributed by atoms with Crippen molar-refractivity contribution >= 4 is 5.69 Å². The molecule has 1 unspecified atom stereocenters. The number of rotatable bonds is 0. The minimum Gasteiger partial charge on any atom is -0.339 e. The van der Waals surface area contributed by atoms with E-state index in [2.05, 4.69) is 28.4 Å². The summed E-state index contributed by atoms with van der Waals surface area (Å²) in [5, 5.41) is 3.24. The highest BCUT2D eigenvalue weighted by Crippen LogP contribution is 2.32. The van der Waals surface area contributed by atoms with Crippen molar-refractivity contribution in [3.63, 3.8) is 0 Å². The van der Waals surface area contributed by atoms with Crippen molar-refractivity contribution in [3.05, 3.63) is 29.3 Å². The zero-order chi connectivity index (χ0) is 8.13. The average molecular weight is 161 g/mol. The Bertz CT molecular complexity index is 335. The van der Waals surface area contributed by atoms with Gasteiger partial charge in [0.2, 0.25) is 0 Å². The Hall–Kier alpha value is -1.06. The third-order valence-electron chi connectivity index (χ3n) is 2.64. The number of nitrogens with two attached hydrogens (primary N) is 1. The molecule has 12 heavy (non-hydrogen) atoms. The smallest absolute Gasteiger partial charge is 0.132 e. The minimum absolute atomic E-state index is 0.00241. The molecule has 0 fully saturated rings. The second kappa shape index (κ2) is 2.00. The first kappa shape index (κ1) is 6.46. The van der Waals surface area contributed by atoms with Gasteiger partial charge in [-0.15, -0.1) is 0 Å². The van der Waals surface area contributed by atoms with Crippen LogP contribution in [0.3, 0.4) is 0 Å². The lowest BCUT2D eigenvalue weighted by atomic mass is 10.00. The van der Waals surface area contributed by atoms with E-state index in [4.69, 9.17) is 5.73 Å². The van der Waals surface area contributed by atoms with E-state index in [0.29, 0.717) is 0 Å². The maximum Gasteiger partial charge on any atom is 0.132 e. The molecule has 0 saturated heterocycles. The highest BCUT2D eigenvalue weighted by Gasteiger charge is 2.26.